The first-order valence-electron chi connectivity index (χ1n) is 7.55. The molecule has 3 nitrogen and oxygen atoms in total. The summed E-state index contributed by atoms with van der Waals surface area (Å²) in [6, 6.07) is 0.742. The summed E-state index contributed by atoms with van der Waals surface area (Å²) in [4.78, 5) is 7.30. The third-order valence-corrected chi connectivity index (χ3v) is 4.83. The van der Waals surface area contributed by atoms with Crippen LogP contribution in [0.2, 0.25) is 0 Å². The van der Waals surface area contributed by atoms with Crippen molar-refractivity contribution in [3.63, 3.8) is 0 Å². The molecule has 1 unspecified atom stereocenters. The molecule has 1 aliphatic rings. The van der Waals surface area contributed by atoms with Crippen molar-refractivity contribution in [3.8, 4) is 0 Å². The minimum Gasteiger partial charge on any atom is -0.345 e. The molecule has 4 heteroatoms. The molecule has 0 amide bonds. The lowest BCUT2D eigenvalue weighted by atomic mass is 10.1. The second-order valence-electron chi connectivity index (χ2n) is 6.16. The normalized spacial score (nSPS) is 18.2. The Kier molecular flexibility index (Phi) is 5.22. The lowest BCUT2D eigenvalue weighted by Crippen LogP contribution is -2.34. The van der Waals surface area contributed by atoms with Gasteiger partial charge in [-0.05, 0) is 32.1 Å². The smallest absolute Gasteiger partial charge is 0.185 e. The molecule has 2 rings (SSSR count). The lowest BCUT2D eigenvalue weighted by Gasteiger charge is -2.29. The van der Waals surface area contributed by atoms with Crippen molar-refractivity contribution in [2.45, 2.75) is 65.0 Å². The van der Waals surface area contributed by atoms with Gasteiger partial charge >= 0.3 is 0 Å². The van der Waals surface area contributed by atoms with Gasteiger partial charge in [0.25, 0.3) is 0 Å². The van der Waals surface area contributed by atoms with E-state index < -0.39 is 0 Å². The molecule has 1 atom stereocenters. The number of nitrogens with zero attached hydrogens (tertiary/aromatic N) is 2. The van der Waals surface area contributed by atoms with Crippen molar-refractivity contribution >= 4 is 16.5 Å². The maximum Gasteiger partial charge on any atom is 0.185 e. The molecule has 0 saturated heterocycles. The predicted molar refractivity (Wildman–Crippen MR) is 83.8 cm³/mol. The number of nitrogens with two attached hydrogens (primary N) is 1. The first-order valence-corrected chi connectivity index (χ1v) is 8.43. The fourth-order valence-corrected chi connectivity index (χ4v) is 3.69. The first-order chi connectivity index (χ1) is 9.08. The van der Waals surface area contributed by atoms with Crippen molar-refractivity contribution in [1.29, 1.82) is 0 Å². The van der Waals surface area contributed by atoms with Gasteiger partial charge in [-0.1, -0.05) is 26.7 Å². The Bertz CT molecular complexity index is 380. The van der Waals surface area contributed by atoms with Crippen LogP contribution in [-0.2, 0) is 0 Å². The summed E-state index contributed by atoms with van der Waals surface area (Å²) < 4.78 is 0. The molecule has 0 bridgehead atoms. The van der Waals surface area contributed by atoms with Crippen LogP contribution in [0.4, 0.5) is 5.13 Å². The van der Waals surface area contributed by atoms with Crippen LogP contribution < -0.4 is 10.6 Å². The topological polar surface area (TPSA) is 42.2 Å². The van der Waals surface area contributed by atoms with Crippen LogP contribution in [0.3, 0.4) is 0 Å². The minimum absolute atomic E-state index is 0.0422. The lowest BCUT2D eigenvalue weighted by molar-refractivity contribution is 0.527. The summed E-state index contributed by atoms with van der Waals surface area (Å²) in [5, 5.41) is 3.30. The third-order valence-electron chi connectivity index (χ3n) is 3.93. The van der Waals surface area contributed by atoms with E-state index in [1.165, 1.54) is 37.2 Å². The highest BCUT2D eigenvalue weighted by Crippen LogP contribution is 2.31. The SMILES string of the molecule is CC(C)CCN(c1nc(C(C)N)cs1)C1CCCC1. The molecule has 1 aromatic heterocycles. The van der Waals surface area contributed by atoms with Crippen LogP contribution in [0.25, 0.3) is 0 Å². The Morgan fingerprint density at radius 1 is 1.37 bits per heavy atom. The summed E-state index contributed by atoms with van der Waals surface area (Å²) in [6.45, 7) is 7.73. The number of anilines is 1. The number of thiazole rings is 1. The Balaban J connectivity index is 2.10. The van der Waals surface area contributed by atoms with Crippen molar-refractivity contribution in [2.24, 2.45) is 11.7 Å². The van der Waals surface area contributed by atoms with Crippen LogP contribution in [0.1, 0.15) is 64.6 Å². The quantitative estimate of drug-likeness (QED) is 0.858. The van der Waals surface area contributed by atoms with Gasteiger partial charge in [0.05, 0.1) is 5.69 Å². The molecule has 0 aromatic carbocycles. The molecule has 0 radical (unpaired) electrons. The molecule has 108 valence electrons. The van der Waals surface area contributed by atoms with Crippen LogP contribution in [0.5, 0.6) is 0 Å². The van der Waals surface area contributed by atoms with Crippen molar-refractivity contribution in [3.05, 3.63) is 11.1 Å². The molecule has 2 N–H and O–H groups in total. The monoisotopic (exact) mass is 281 g/mol. The standard InChI is InChI=1S/C15H27N3S/c1-11(2)8-9-18(13-6-4-5-7-13)15-17-14(10-19-15)12(3)16/h10-13H,4-9,16H2,1-3H3. The van der Waals surface area contributed by atoms with E-state index >= 15 is 0 Å². The molecule has 19 heavy (non-hydrogen) atoms. The van der Waals surface area contributed by atoms with E-state index in [1.807, 2.05) is 6.92 Å². The summed E-state index contributed by atoms with van der Waals surface area (Å²) in [5.74, 6) is 0.747. The Morgan fingerprint density at radius 3 is 2.58 bits per heavy atom. The second kappa shape index (κ2) is 6.71. The zero-order chi connectivity index (χ0) is 13.8. The van der Waals surface area contributed by atoms with Crippen molar-refractivity contribution < 1.29 is 0 Å². The molecule has 0 spiro atoms. The molecule has 1 aromatic rings. The van der Waals surface area contributed by atoms with Gasteiger partial charge in [-0.25, -0.2) is 4.98 Å². The van der Waals surface area contributed by atoms with E-state index in [2.05, 4.69) is 24.1 Å². The summed E-state index contributed by atoms with van der Waals surface area (Å²) in [7, 11) is 0. The molecule has 1 aliphatic carbocycles. The fourth-order valence-electron chi connectivity index (χ4n) is 2.66. The average Bonchev–Trinajstić information content (AvgIpc) is 2.98. The third kappa shape index (κ3) is 3.93. The molecule has 1 saturated carbocycles. The zero-order valence-corrected chi connectivity index (χ0v) is 13.2. The molecule has 1 heterocycles. The van der Waals surface area contributed by atoms with Gasteiger partial charge in [-0.3, -0.25) is 0 Å². The molecule has 1 fully saturated rings. The highest BCUT2D eigenvalue weighted by molar-refractivity contribution is 7.13. The fraction of sp³-hybridized carbons (Fsp3) is 0.800. The highest BCUT2D eigenvalue weighted by Gasteiger charge is 2.25. The van der Waals surface area contributed by atoms with Gasteiger partial charge < -0.3 is 10.6 Å². The minimum atomic E-state index is 0.0422. The molecular formula is C15H27N3S. The van der Waals surface area contributed by atoms with Gasteiger partial charge in [0.15, 0.2) is 5.13 Å². The summed E-state index contributed by atoms with van der Waals surface area (Å²) in [6.07, 6.45) is 6.63. The first kappa shape index (κ1) is 14.8. The van der Waals surface area contributed by atoms with E-state index in [1.54, 1.807) is 11.3 Å². The van der Waals surface area contributed by atoms with Crippen LogP contribution >= 0.6 is 11.3 Å². The van der Waals surface area contributed by atoms with E-state index in [0.717, 1.165) is 18.2 Å². The van der Waals surface area contributed by atoms with Gasteiger partial charge in [0.1, 0.15) is 0 Å². The van der Waals surface area contributed by atoms with E-state index in [4.69, 9.17) is 10.7 Å². The number of aromatic nitrogens is 1. The predicted octanol–water partition coefficient (Wildman–Crippen LogP) is 3.96. The second-order valence-corrected chi connectivity index (χ2v) is 6.99. The van der Waals surface area contributed by atoms with E-state index in [-0.39, 0.29) is 6.04 Å². The maximum absolute atomic E-state index is 5.93. The van der Waals surface area contributed by atoms with Crippen molar-refractivity contribution in [2.75, 3.05) is 11.4 Å². The number of hydrogen-bond donors (Lipinski definition) is 1. The maximum atomic E-state index is 5.93. The van der Waals surface area contributed by atoms with Crippen LogP contribution in [-0.4, -0.2) is 17.6 Å². The Labute approximate surface area is 121 Å². The van der Waals surface area contributed by atoms with E-state index in [9.17, 15) is 0 Å². The van der Waals surface area contributed by atoms with Gasteiger partial charge in [-0.15, -0.1) is 11.3 Å². The Hall–Kier alpha value is -0.610. The molecular weight excluding hydrogens is 254 g/mol. The van der Waals surface area contributed by atoms with Gasteiger partial charge in [0.2, 0.25) is 0 Å². The Morgan fingerprint density at radius 2 is 2.05 bits per heavy atom. The summed E-state index contributed by atoms with van der Waals surface area (Å²) >= 11 is 1.76. The average molecular weight is 281 g/mol. The zero-order valence-electron chi connectivity index (χ0n) is 12.4. The molecule has 0 aliphatic heterocycles. The van der Waals surface area contributed by atoms with Crippen molar-refractivity contribution in [1.82, 2.24) is 4.98 Å². The van der Waals surface area contributed by atoms with E-state index in [0.29, 0.717) is 6.04 Å². The van der Waals surface area contributed by atoms with Crippen LogP contribution in [0, 0.1) is 5.92 Å². The van der Waals surface area contributed by atoms with Gasteiger partial charge in [-0.2, -0.15) is 0 Å². The van der Waals surface area contributed by atoms with Gasteiger partial charge in [0, 0.05) is 24.0 Å². The number of rotatable bonds is 6. The number of hydrogen-bond acceptors (Lipinski definition) is 4. The highest BCUT2D eigenvalue weighted by atomic mass is 32.1. The largest absolute Gasteiger partial charge is 0.345 e. The van der Waals surface area contributed by atoms with Crippen LogP contribution in [0.15, 0.2) is 5.38 Å². The summed E-state index contributed by atoms with van der Waals surface area (Å²) in [5.41, 5.74) is 6.96.